The number of hydrogen-bond acceptors (Lipinski definition) is 8. The van der Waals surface area contributed by atoms with Crippen LogP contribution in [0.2, 0.25) is 0 Å². The molecule has 0 saturated carbocycles. The van der Waals surface area contributed by atoms with Crippen molar-refractivity contribution in [3.63, 3.8) is 0 Å². The van der Waals surface area contributed by atoms with Crippen LogP contribution in [0.3, 0.4) is 0 Å². The molecule has 198 valence electrons. The average Bonchev–Trinajstić information content (AvgIpc) is 3.60. The van der Waals surface area contributed by atoms with E-state index >= 15 is 0 Å². The molecule has 0 fully saturated rings. The van der Waals surface area contributed by atoms with Gasteiger partial charge in [0.25, 0.3) is 5.56 Å². The number of nitrogens with one attached hydrogen (secondary N) is 2. The first-order chi connectivity index (χ1) is 18.4. The monoisotopic (exact) mass is 516 g/mol. The largest absolute Gasteiger partial charge is 0.396 e. The summed E-state index contributed by atoms with van der Waals surface area (Å²) in [4.78, 5) is 27.9. The van der Waals surface area contributed by atoms with Crippen LogP contribution >= 0.6 is 0 Å². The molecule has 3 N–H and O–H groups in total. The van der Waals surface area contributed by atoms with Gasteiger partial charge < -0.3 is 25.0 Å². The van der Waals surface area contributed by atoms with Crippen molar-refractivity contribution in [2.75, 3.05) is 32.6 Å². The summed E-state index contributed by atoms with van der Waals surface area (Å²) in [5.74, 6) is 1.41. The lowest BCUT2D eigenvalue weighted by Crippen LogP contribution is -2.18. The number of anilines is 2. The highest BCUT2D eigenvalue weighted by Crippen LogP contribution is 2.32. The van der Waals surface area contributed by atoms with E-state index in [-0.39, 0.29) is 18.2 Å². The number of aliphatic hydroxyl groups is 1. The summed E-state index contributed by atoms with van der Waals surface area (Å²) in [7, 11) is 5.75. The van der Waals surface area contributed by atoms with Crippen molar-refractivity contribution in [2.24, 2.45) is 7.05 Å². The van der Waals surface area contributed by atoms with Crippen LogP contribution in [0.15, 0.2) is 53.8 Å². The Balaban J connectivity index is 1.52. The van der Waals surface area contributed by atoms with Gasteiger partial charge in [-0.3, -0.25) is 14.2 Å². The smallest absolute Gasteiger partial charge is 0.277 e. The normalized spacial score (nSPS) is 12.5. The highest BCUT2D eigenvalue weighted by atomic mass is 16.3. The van der Waals surface area contributed by atoms with Crippen LogP contribution in [-0.4, -0.2) is 76.3 Å². The number of pyridine rings is 1. The first kappa shape index (κ1) is 25.4. The molecule has 0 aliphatic carbocycles. The molecule has 0 saturated heterocycles. The fourth-order valence-electron chi connectivity index (χ4n) is 4.38. The second-order valence-electron chi connectivity index (χ2n) is 9.57. The van der Waals surface area contributed by atoms with Gasteiger partial charge in [-0.15, -0.1) is 0 Å². The Bertz CT molecular complexity index is 1610. The Morgan fingerprint density at radius 1 is 1.21 bits per heavy atom. The Kier molecular flexibility index (Phi) is 7.07. The van der Waals surface area contributed by atoms with Crippen LogP contribution in [0.25, 0.3) is 33.7 Å². The molecule has 38 heavy (non-hydrogen) atoms. The molecule has 0 aliphatic rings. The van der Waals surface area contributed by atoms with Crippen molar-refractivity contribution in [3.8, 4) is 22.8 Å². The van der Waals surface area contributed by atoms with Crippen LogP contribution in [0.1, 0.15) is 19.4 Å². The third-order valence-corrected chi connectivity index (χ3v) is 6.51. The first-order valence-corrected chi connectivity index (χ1v) is 12.5. The highest BCUT2D eigenvalue weighted by Gasteiger charge is 2.20. The lowest BCUT2D eigenvalue weighted by Gasteiger charge is -2.13. The molecule has 5 heterocycles. The molecule has 0 radical (unpaired) electrons. The number of likely N-dealkylation sites (N-methyl/N-ethyl adjacent to an activating group) is 1. The van der Waals surface area contributed by atoms with Gasteiger partial charge >= 0.3 is 0 Å². The third kappa shape index (κ3) is 4.95. The molecule has 0 aromatic carbocycles. The van der Waals surface area contributed by atoms with E-state index in [9.17, 15) is 9.90 Å². The minimum absolute atomic E-state index is 0.0212. The van der Waals surface area contributed by atoms with Gasteiger partial charge in [-0.1, -0.05) is 0 Å². The summed E-state index contributed by atoms with van der Waals surface area (Å²) < 4.78 is 5.52. The number of nitrogens with zero attached hydrogens (tertiary/aromatic N) is 8. The number of aromatic nitrogens is 8. The molecule has 0 spiro atoms. The Morgan fingerprint density at radius 3 is 2.79 bits per heavy atom. The quantitative estimate of drug-likeness (QED) is 0.258. The number of aromatic amines is 1. The molecular weight excluding hydrogens is 484 g/mol. The summed E-state index contributed by atoms with van der Waals surface area (Å²) >= 11 is 0. The summed E-state index contributed by atoms with van der Waals surface area (Å²) in [6, 6.07) is 7.73. The fraction of sp³-hybridized carbons (Fsp3) is 0.346. The van der Waals surface area contributed by atoms with Gasteiger partial charge in [0.1, 0.15) is 22.9 Å². The molecule has 12 nitrogen and oxygen atoms in total. The third-order valence-electron chi connectivity index (χ3n) is 6.51. The number of H-pyrrole nitrogens is 1. The zero-order valence-electron chi connectivity index (χ0n) is 22.0. The van der Waals surface area contributed by atoms with Gasteiger partial charge in [0.15, 0.2) is 5.82 Å². The van der Waals surface area contributed by atoms with E-state index in [2.05, 4.69) is 61.2 Å². The van der Waals surface area contributed by atoms with E-state index in [0.717, 1.165) is 35.4 Å². The maximum Gasteiger partial charge on any atom is 0.277 e. The summed E-state index contributed by atoms with van der Waals surface area (Å²) in [5, 5.41) is 21.6. The van der Waals surface area contributed by atoms with Gasteiger partial charge in [-0.25, -0.2) is 15.0 Å². The second kappa shape index (κ2) is 10.6. The van der Waals surface area contributed by atoms with Crippen molar-refractivity contribution in [2.45, 2.75) is 25.9 Å². The van der Waals surface area contributed by atoms with E-state index in [4.69, 9.17) is 5.10 Å². The van der Waals surface area contributed by atoms with Crippen molar-refractivity contribution >= 4 is 22.5 Å². The second-order valence-corrected chi connectivity index (χ2v) is 9.57. The van der Waals surface area contributed by atoms with Gasteiger partial charge in [-0.2, -0.15) is 5.10 Å². The standard InChI is InChI=1S/C26H32N10O2/c1-17(8-13-37)36-21-14-23(30-22-7-9-27-25(31-22)19-16-29-34(4)26(19)38)28-15-18(21)24(32-36)20-6-5-10-35(20)12-11-33(2)3/h5-7,9-10,14-17,29,37H,8,11-13H2,1-4H3,(H,27,28,30,31). The number of aliphatic hydroxyl groups excluding tert-OH is 1. The minimum Gasteiger partial charge on any atom is -0.396 e. The van der Waals surface area contributed by atoms with Crippen LogP contribution in [0.4, 0.5) is 11.6 Å². The zero-order chi connectivity index (χ0) is 26.8. The van der Waals surface area contributed by atoms with Gasteiger partial charge in [0.05, 0.1) is 17.3 Å². The van der Waals surface area contributed by atoms with Crippen molar-refractivity contribution in [1.82, 2.24) is 44.0 Å². The Hall–Kier alpha value is -4.29. The maximum atomic E-state index is 12.3. The Labute approximate surface area is 219 Å². The van der Waals surface area contributed by atoms with E-state index in [1.165, 1.54) is 4.68 Å². The molecule has 12 heteroatoms. The molecule has 0 amide bonds. The molecule has 5 rings (SSSR count). The predicted octanol–water partition coefficient (Wildman–Crippen LogP) is 2.63. The van der Waals surface area contributed by atoms with Crippen molar-refractivity contribution in [3.05, 3.63) is 59.4 Å². The zero-order valence-corrected chi connectivity index (χ0v) is 22.0. The first-order valence-electron chi connectivity index (χ1n) is 12.5. The van der Waals surface area contributed by atoms with Gasteiger partial charge in [-0.05, 0) is 45.6 Å². The van der Waals surface area contributed by atoms with E-state index in [0.29, 0.717) is 29.4 Å². The molecule has 5 aromatic heterocycles. The van der Waals surface area contributed by atoms with Crippen LogP contribution in [-0.2, 0) is 13.6 Å². The Morgan fingerprint density at radius 2 is 2.05 bits per heavy atom. The number of rotatable bonds is 10. The number of fused-ring (bicyclic) bond motifs is 1. The van der Waals surface area contributed by atoms with Crippen molar-refractivity contribution < 1.29 is 5.11 Å². The molecular formula is C26H32N10O2. The van der Waals surface area contributed by atoms with Gasteiger partial charge in [0.2, 0.25) is 0 Å². The summed E-state index contributed by atoms with van der Waals surface area (Å²) in [5.41, 5.74) is 2.94. The highest BCUT2D eigenvalue weighted by molar-refractivity contribution is 5.93. The minimum atomic E-state index is -0.202. The van der Waals surface area contributed by atoms with E-state index < -0.39 is 0 Å². The average molecular weight is 517 g/mol. The lowest BCUT2D eigenvalue weighted by molar-refractivity contribution is 0.259. The summed E-state index contributed by atoms with van der Waals surface area (Å²) in [6.07, 6.45) is 7.64. The van der Waals surface area contributed by atoms with Crippen LogP contribution < -0.4 is 10.9 Å². The van der Waals surface area contributed by atoms with Crippen LogP contribution in [0.5, 0.6) is 0 Å². The molecule has 5 aromatic rings. The molecule has 1 atom stereocenters. The molecule has 1 unspecified atom stereocenters. The molecule has 0 bridgehead atoms. The summed E-state index contributed by atoms with van der Waals surface area (Å²) in [6.45, 7) is 3.85. The lowest BCUT2D eigenvalue weighted by atomic mass is 10.2. The van der Waals surface area contributed by atoms with E-state index in [1.54, 1.807) is 25.5 Å². The van der Waals surface area contributed by atoms with Gasteiger partial charge in [0, 0.05) is 63.0 Å². The fourth-order valence-corrected chi connectivity index (χ4v) is 4.38. The molecule has 0 aliphatic heterocycles. The SMILES string of the molecule is CC(CCO)n1nc(-c2cccn2CCN(C)C)c2cnc(Nc3ccnc(-c4c[nH]n(C)c4=O)n3)cc21. The number of hydrogen-bond donors (Lipinski definition) is 3. The predicted molar refractivity (Wildman–Crippen MR) is 146 cm³/mol. The number of aryl methyl sites for hydroxylation is 1. The van der Waals surface area contributed by atoms with E-state index in [1.807, 2.05) is 29.9 Å². The maximum absolute atomic E-state index is 12.3. The van der Waals surface area contributed by atoms with Crippen LogP contribution in [0, 0.1) is 0 Å². The van der Waals surface area contributed by atoms with Crippen molar-refractivity contribution in [1.29, 1.82) is 0 Å². The topological polar surface area (TPSA) is 135 Å².